The third kappa shape index (κ3) is 4.81. The number of likely N-dealkylation sites (tertiary alicyclic amines) is 3. The van der Waals surface area contributed by atoms with Crippen LogP contribution in [0.2, 0.25) is 0 Å². The summed E-state index contributed by atoms with van der Waals surface area (Å²) in [5.41, 5.74) is 0.731. The van der Waals surface area contributed by atoms with E-state index in [-0.39, 0.29) is 36.5 Å². The molecular weight excluding hydrogens is 484 g/mol. The minimum absolute atomic E-state index is 0.0158. The number of nitrogens with one attached hydrogen (secondary N) is 1. The zero-order valence-electron chi connectivity index (χ0n) is 22.3. The topological polar surface area (TPSA) is 130 Å². The van der Waals surface area contributed by atoms with Crippen LogP contribution in [-0.4, -0.2) is 81.5 Å². The van der Waals surface area contributed by atoms with Crippen LogP contribution in [0.5, 0.6) is 0 Å². The minimum atomic E-state index is -0.926. The Kier molecular flexibility index (Phi) is 6.56. The van der Waals surface area contributed by atoms with Crippen LogP contribution in [0.15, 0.2) is 24.3 Å². The molecule has 1 N–H and O–H groups in total. The van der Waals surface area contributed by atoms with E-state index < -0.39 is 29.8 Å². The number of hydrogen-bond acceptors (Lipinski definition) is 7. The van der Waals surface area contributed by atoms with Crippen molar-refractivity contribution in [3.05, 3.63) is 35.4 Å². The fourth-order valence-electron chi connectivity index (χ4n) is 6.37. The number of alkyl carbamates (subject to hydrolysis) is 1. The van der Waals surface area contributed by atoms with Gasteiger partial charge in [-0.2, -0.15) is 10.5 Å². The summed E-state index contributed by atoms with van der Waals surface area (Å²) >= 11 is 0. The summed E-state index contributed by atoms with van der Waals surface area (Å²) in [5, 5.41) is 21.6. The second kappa shape index (κ2) is 9.59. The van der Waals surface area contributed by atoms with Crippen molar-refractivity contribution in [1.82, 2.24) is 20.0 Å². The first-order valence-electron chi connectivity index (χ1n) is 13.3. The molecule has 38 heavy (non-hydrogen) atoms. The lowest BCUT2D eigenvalue weighted by atomic mass is 10.0. The maximum Gasteiger partial charge on any atom is 0.408 e. The van der Waals surface area contributed by atoms with Gasteiger partial charge in [0.15, 0.2) is 0 Å². The number of benzene rings is 1. The van der Waals surface area contributed by atoms with Crippen LogP contribution in [0.3, 0.4) is 0 Å². The molecular formula is C28H34N6O4. The van der Waals surface area contributed by atoms with Crippen LogP contribution < -0.4 is 5.32 Å². The molecule has 7 atom stereocenters. The van der Waals surface area contributed by atoms with E-state index in [1.54, 1.807) is 31.7 Å². The third-order valence-corrected chi connectivity index (χ3v) is 8.14. The second-order valence-electron chi connectivity index (χ2n) is 11.9. The number of carbonyl (C=O) groups is 3. The molecule has 1 aromatic carbocycles. The molecule has 1 aliphatic carbocycles. The van der Waals surface area contributed by atoms with E-state index in [0.29, 0.717) is 30.9 Å². The van der Waals surface area contributed by atoms with Crippen molar-refractivity contribution in [3.8, 4) is 12.1 Å². The molecule has 3 heterocycles. The Morgan fingerprint density at radius 2 is 1.97 bits per heavy atom. The number of hydrogen-bond donors (Lipinski definition) is 1. The first-order valence-corrected chi connectivity index (χ1v) is 13.3. The zero-order chi connectivity index (χ0) is 27.4. The first-order chi connectivity index (χ1) is 18.0. The van der Waals surface area contributed by atoms with Gasteiger partial charge in [0.1, 0.15) is 17.7 Å². The Labute approximate surface area is 223 Å². The Hall–Kier alpha value is -3.63. The number of nitrogens with zero attached hydrogens (tertiary/aromatic N) is 5. The number of nitriles is 2. The first kappa shape index (κ1) is 26.0. The summed E-state index contributed by atoms with van der Waals surface area (Å²) in [6.07, 6.45) is 1.50. The fourth-order valence-corrected chi connectivity index (χ4v) is 6.37. The molecule has 2 bridgehead atoms. The minimum Gasteiger partial charge on any atom is -0.444 e. The van der Waals surface area contributed by atoms with Gasteiger partial charge in [-0.3, -0.25) is 14.5 Å². The summed E-state index contributed by atoms with van der Waals surface area (Å²) in [6.45, 7) is 7.98. The lowest BCUT2D eigenvalue weighted by molar-refractivity contribution is -0.141. The Balaban J connectivity index is 1.31. The van der Waals surface area contributed by atoms with Crippen molar-refractivity contribution >= 4 is 17.9 Å². The number of carbonyl (C=O) groups excluding carboxylic acids is 3. The molecule has 5 rings (SSSR count). The standard InChI is InChI=1S/C28H34N6O4/c1-16(18-7-5-6-17(8-18)12-29)33-21-11-24(26(33)36)32(14-21)15-22(31-27(37)38-28(2,3)4)25(35)34-20(13-30)9-19-10-23(19)34/h5-8,16,19-24H,9-11,14-15H2,1-4H3,(H,31,37)/t16-,19+,20-,21+,22-,23-,24+/m0/s1. The van der Waals surface area contributed by atoms with E-state index in [9.17, 15) is 24.9 Å². The van der Waals surface area contributed by atoms with Crippen molar-refractivity contribution < 1.29 is 19.1 Å². The summed E-state index contributed by atoms with van der Waals surface area (Å²) in [7, 11) is 0. The highest BCUT2D eigenvalue weighted by Crippen LogP contribution is 2.48. The molecule has 1 saturated carbocycles. The molecule has 200 valence electrons. The Morgan fingerprint density at radius 3 is 2.63 bits per heavy atom. The van der Waals surface area contributed by atoms with Crippen LogP contribution in [0.1, 0.15) is 64.1 Å². The number of amides is 3. The monoisotopic (exact) mass is 518 g/mol. The molecule has 0 aromatic heterocycles. The summed E-state index contributed by atoms with van der Waals surface area (Å²) in [5.74, 6) is 0.0452. The summed E-state index contributed by atoms with van der Waals surface area (Å²) in [4.78, 5) is 45.4. The molecule has 4 aliphatic rings. The van der Waals surface area contributed by atoms with Crippen molar-refractivity contribution in [2.45, 2.75) is 88.8 Å². The predicted molar refractivity (Wildman–Crippen MR) is 136 cm³/mol. The van der Waals surface area contributed by atoms with Gasteiger partial charge in [0, 0.05) is 25.2 Å². The van der Waals surface area contributed by atoms with Gasteiger partial charge in [0.2, 0.25) is 11.8 Å². The predicted octanol–water partition coefficient (Wildman–Crippen LogP) is 2.31. The quantitative estimate of drug-likeness (QED) is 0.612. The van der Waals surface area contributed by atoms with Gasteiger partial charge in [-0.05, 0) is 70.6 Å². The highest BCUT2D eigenvalue weighted by molar-refractivity contribution is 5.89. The molecule has 10 heteroatoms. The largest absolute Gasteiger partial charge is 0.444 e. The van der Waals surface area contributed by atoms with E-state index in [1.807, 2.05) is 34.9 Å². The van der Waals surface area contributed by atoms with E-state index in [2.05, 4.69) is 17.5 Å². The van der Waals surface area contributed by atoms with Crippen molar-refractivity contribution in [3.63, 3.8) is 0 Å². The van der Waals surface area contributed by atoms with Crippen molar-refractivity contribution in [1.29, 1.82) is 10.5 Å². The van der Waals surface area contributed by atoms with Gasteiger partial charge in [0.05, 0.1) is 29.8 Å². The molecule has 3 aliphatic heterocycles. The van der Waals surface area contributed by atoms with Gasteiger partial charge in [-0.25, -0.2) is 4.79 Å². The van der Waals surface area contributed by atoms with E-state index in [1.165, 1.54) is 0 Å². The van der Waals surface area contributed by atoms with E-state index >= 15 is 0 Å². The fraction of sp³-hybridized carbons (Fsp3) is 0.607. The smallest absolute Gasteiger partial charge is 0.408 e. The van der Waals surface area contributed by atoms with Gasteiger partial charge in [-0.1, -0.05) is 12.1 Å². The van der Waals surface area contributed by atoms with Crippen LogP contribution in [-0.2, 0) is 14.3 Å². The van der Waals surface area contributed by atoms with Crippen molar-refractivity contribution in [2.24, 2.45) is 5.92 Å². The number of ether oxygens (including phenoxy) is 1. The van der Waals surface area contributed by atoms with Crippen LogP contribution in [0.25, 0.3) is 0 Å². The Morgan fingerprint density at radius 1 is 1.21 bits per heavy atom. The highest BCUT2D eigenvalue weighted by Gasteiger charge is 2.56. The van der Waals surface area contributed by atoms with Gasteiger partial charge in [0.25, 0.3) is 0 Å². The zero-order valence-corrected chi connectivity index (χ0v) is 22.3. The molecule has 3 saturated heterocycles. The maximum absolute atomic E-state index is 13.7. The Bertz CT molecular complexity index is 1230. The van der Waals surface area contributed by atoms with Gasteiger partial charge >= 0.3 is 6.09 Å². The number of fused-ring (bicyclic) bond motifs is 3. The molecule has 0 unspecified atom stereocenters. The summed E-state index contributed by atoms with van der Waals surface area (Å²) < 4.78 is 5.43. The second-order valence-corrected chi connectivity index (χ2v) is 11.9. The third-order valence-electron chi connectivity index (χ3n) is 8.14. The number of rotatable bonds is 6. The number of piperazine rings is 1. The normalized spacial score (nSPS) is 29.3. The maximum atomic E-state index is 13.7. The van der Waals surface area contributed by atoms with Crippen LogP contribution >= 0.6 is 0 Å². The number of piperidine rings is 1. The highest BCUT2D eigenvalue weighted by atomic mass is 16.6. The lowest BCUT2D eigenvalue weighted by Crippen LogP contribution is -2.59. The molecule has 10 nitrogen and oxygen atoms in total. The van der Waals surface area contributed by atoms with Gasteiger partial charge < -0.3 is 19.9 Å². The van der Waals surface area contributed by atoms with Gasteiger partial charge in [-0.15, -0.1) is 0 Å². The van der Waals surface area contributed by atoms with E-state index in [0.717, 1.165) is 12.0 Å². The molecule has 4 fully saturated rings. The van der Waals surface area contributed by atoms with Crippen molar-refractivity contribution in [2.75, 3.05) is 13.1 Å². The molecule has 3 amide bonds. The average molecular weight is 519 g/mol. The molecule has 0 spiro atoms. The van der Waals surface area contributed by atoms with Crippen LogP contribution in [0.4, 0.5) is 4.79 Å². The SMILES string of the molecule is C[C@@H](c1cccc(C#N)c1)N1C(=O)[C@H]2C[C@@H]1CN2C[C@H](NC(=O)OC(C)(C)C)C(=O)N1[C@H](C#N)C[C@@H]2C[C@@H]21. The summed E-state index contributed by atoms with van der Waals surface area (Å²) in [6, 6.07) is 9.72. The molecule has 0 radical (unpaired) electrons. The van der Waals surface area contributed by atoms with Crippen LogP contribution in [0, 0.1) is 28.6 Å². The lowest BCUT2D eigenvalue weighted by Gasteiger charge is -2.39. The average Bonchev–Trinajstić information content (AvgIpc) is 3.19. The van der Waals surface area contributed by atoms with E-state index in [4.69, 9.17) is 4.74 Å². The molecule has 1 aromatic rings.